The molecule has 1 saturated heterocycles. The van der Waals surface area contributed by atoms with Crippen LogP contribution in [0.2, 0.25) is 0 Å². The van der Waals surface area contributed by atoms with E-state index < -0.39 is 0 Å². The maximum absolute atomic E-state index is 11.2. The fourth-order valence-corrected chi connectivity index (χ4v) is 1.22. The van der Waals surface area contributed by atoms with Crippen molar-refractivity contribution in [3.8, 4) is 0 Å². The van der Waals surface area contributed by atoms with Crippen molar-refractivity contribution in [2.45, 2.75) is 0 Å². The first-order chi connectivity index (χ1) is 6.34. The summed E-state index contributed by atoms with van der Waals surface area (Å²) in [6.07, 6.45) is 0. The molecule has 0 aromatic heterocycles. The zero-order valence-corrected chi connectivity index (χ0v) is 7.66. The van der Waals surface area contributed by atoms with Crippen LogP contribution in [0.25, 0.3) is 0 Å². The molecular formula is C8H16N2O3. The average Bonchev–Trinajstić information content (AvgIpc) is 2.15. The summed E-state index contributed by atoms with van der Waals surface area (Å²) < 4.78 is 5.07. The Morgan fingerprint density at radius 2 is 2.38 bits per heavy atom. The van der Waals surface area contributed by atoms with Crippen LogP contribution in [0, 0.1) is 0 Å². The van der Waals surface area contributed by atoms with E-state index in [1.54, 1.807) is 4.90 Å². The number of carbonyl (C=O) groups excluding carboxylic acids is 1. The van der Waals surface area contributed by atoms with Gasteiger partial charge in [0.2, 0.25) is 5.91 Å². The minimum Gasteiger partial charge on any atom is -0.394 e. The van der Waals surface area contributed by atoms with E-state index >= 15 is 0 Å². The molecule has 1 aliphatic rings. The molecule has 1 fully saturated rings. The van der Waals surface area contributed by atoms with Crippen LogP contribution < -0.4 is 5.32 Å². The zero-order chi connectivity index (χ0) is 9.52. The Morgan fingerprint density at radius 3 is 3.08 bits per heavy atom. The Hall–Kier alpha value is -0.650. The van der Waals surface area contributed by atoms with Crippen molar-refractivity contribution in [2.24, 2.45) is 0 Å². The van der Waals surface area contributed by atoms with Crippen LogP contribution in [0.4, 0.5) is 0 Å². The van der Waals surface area contributed by atoms with Crippen LogP contribution in [0.5, 0.6) is 0 Å². The molecule has 76 valence electrons. The highest BCUT2D eigenvalue weighted by Gasteiger charge is 2.16. The summed E-state index contributed by atoms with van der Waals surface area (Å²) in [4.78, 5) is 13.0. The zero-order valence-electron chi connectivity index (χ0n) is 7.66. The summed E-state index contributed by atoms with van der Waals surface area (Å²) in [6.45, 7) is 3.55. The van der Waals surface area contributed by atoms with Gasteiger partial charge in [-0.05, 0) is 0 Å². The Kier molecular flexibility index (Phi) is 4.74. The van der Waals surface area contributed by atoms with Crippen LogP contribution in [0.15, 0.2) is 0 Å². The SMILES string of the molecule is O=C1CNCCN1CCOCCO. The van der Waals surface area contributed by atoms with E-state index in [0.717, 1.165) is 13.1 Å². The predicted octanol–water partition coefficient (Wildman–Crippen LogP) is -1.57. The van der Waals surface area contributed by atoms with Gasteiger partial charge in [0.1, 0.15) is 0 Å². The molecule has 0 aliphatic carbocycles. The van der Waals surface area contributed by atoms with Gasteiger partial charge in [-0.25, -0.2) is 0 Å². The summed E-state index contributed by atoms with van der Waals surface area (Å²) in [7, 11) is 0. The maximum Gasteiger partial charge on any atom is 0.236 e. The molecule has 0 aromatic rings. The lowest BCUT2D eigenvalue weighted by molar-refractivity contribution is -0.132. The Morgan fingerprint density at radius 1 is 1.54 bits per heavy atom. The Bertz CT molecular complexity index is 163. The van der Waals surface area contributed by atoms with Crippen molar-refractivity contribution >= 4 is 5.91 Å². The molecule has 1 heterocycles. The lowest BCUT2D eigenvalue weighted by Gasteiger charge is -2.27. The third-order valence-electron chi connectivity index (χ3n) is 1.93. The molecular weight excluding hydrogens is 172 g/mol. The van der Waals surface area contributed by atoms with Gasteiger partial charge in [0.15, 0.2) is 0 Å². The van der Waals surface area contributed by atoms with Crippen molar-refractivity contribution < 1.29 is 14.6 Å². The smallest absolute Gasteiger partial charge is 0.236 e. The number of amides is 1. The number of ether oxygens (including phenoxy) is 1. The Balaban J connectivity index is 2.08. The normalized spacial score (nSPS) is 17.9. The van der Waals surface area contributed by atoms with E-state index in [4.69, 9.17) is 9.84 Å². The molecule has 0 aromatic carbocycles. The number of hydrogen-bond donors (Lipinski definition) is 2. The largest absolute Gasteiger partial charge is 0.394 e. The highest BCUT2D eigenvalue weighted by Crippen LogP contribution is 1.93. The second-order valence-corrected chi connectivity index (χ2v) is 2.89. The Labute approximate surface area is 77.7 Å². The number of nitrogens with zero attached hydrogens (tertiary/aromatic N) is 1. The van der Waals surface area contributed by atoms with E-state index in [0.29, 0.717) is 26.3 Å². The molecule has 13 heavy (non-hydrogen) atoms. The molecule has 0 atom stereocenters. The minimum absolute atomic E-state index is 0.0372. The highest BCUT2D eigenvalue weighted by atomic mass is 16.5. The van der Waals surface area contributed by atoms with Gasteiger partial charge in [0, 0.05) is 19.6 Å². The number of piperazine rings is 1. The van der Waals surface area contributed by atoms with Crippen LogP contribution in [-0.2, 0) is 9.53 Å². The average molecular weight is 188 g/mol. The van der Waals surface area contributed by atoms with E-state index in [1.807, 2.05) is 0 Å². The number of rotatable bonds is 5. The van der Waals surface area contributed by atoms with Crippen molar-refractivity contribution in [3.05, 3.63) is 0 Å². The van der Waals surface area contributed by atoms with Crippen LogP contribution in [-0.4, -0.2) is 61.9 Å². The van der Waals surface area contributed by atoms with E-state index in [-0.39, 0.29) is 12.5 Å². The van der Waals surface area contributed by atoms with Gasteiger partial charge in [-0.2, -0.15) is 0 Å². The standard InChI is InChI=1S/C8H16N2O3/c11-4-6-13-5-3-10-2-1-9-7-8(10)12/h9,11H,1-7H2. The topological polar surface area (TPSA) is 61.8 Å². The highest BCUT2D eigenvalue weighted by molar-refractivity contribution is 5.78. The van der Waals surface area contributed by atoms with Crippen LogP contribution in [0.1, 0.15) is 0 Å². The van der Waals surface area contributed by atoms with E-state index in [1.165, 1.54) is 0 Å². The summed E-state index contributed by atoms with van der Waals surface area (Å²) in [5, 5.41) is 11.4. The van der Waals surface area contributed by atoms with Gasteiger partial charge >= 0.3 is 0 Å². The molecule has 0 bridgehead atoms. The summed E-state index contributed by atoms with van der Waals surface area (Å²) in [5.41, 5.74) is 0. The molecule has 0 unspecified atom stereocenters. The summed E-state index contributed by atoms with van der Waals surface area (Å²) >= 11 is 0. The maximum atomic E-state index is 11.2. The van der Waals surface area contributed by atoms with Gasteiger partial charge in [0.05, 0.1) is 26.4 Å². The van der Waals surface area contributed by atoms with Crippen molar-refractivity contribution in [3.63, 3.8) is 0 Å². The molecule has 2 N–H and O–H groups in total. The van der Waals surface area contributed by atoms with Crippen molar-refractivity contribution in [2.75, 3.05) is 46.0 Å². The molecule has 5 nitrogen and oxygen atoms in total. The predicted molar refractivity (Wildman–Crippen MR) is 47.4 cm³/mol. The third-order valence-corrected chi connectivity index (χ3v) is 1.93. The van der Waals surface area contributed by atoms with Gasteiger partial charge in [-0.1, -0.05) is 0 Å². The lowest BCUT2D eigenvalue weighted by Crippen LogP contribution is -2.49. The molecule has 0 saturated carbocycles. The number of carbonyl (C=O) groups is 1. The number of aliphatic hydroxyl groups excluding tert-OH is 1. The molecule has 1 amide bonds. The second-order valence-electron chi connectivity index (χ2n) is 2.89. The van der Waals surface area contributed by atoms with Gasteiger partial charge < -0.3 is 20.1 Å². The number of nitrogens with one attached hydrogen (secondary N) is 1. The monoisotopic (exact) mass is 188 g/mol. The molecule has 0 radical (unpaired) electrons. The second kappa shape index (κ2) is 5.90. The first-order valence-electron chi connectivity index (χ1n) is 4.51. The van der Waals surface area contributed by atoms with Crippen LogP contribution in [0.3, 0.4) is 0 Å². The third kappa shape index (κ3) is 3.71. The van der Waals surface area contributed by atoms with E-state index in [2.05, 4.69) is 5.32 Å². The number of hydrogen-bond acceptors (Lipinski definition) is 4. The molecule has 1 aliphatic heterocycles. The minimum atomic E-state index is 0.0372. The van der Waals surface area contributed by atoms with Gasteiger partial charge in [-0.15, -0.1) is 0 Å². The lowest BCUT2D eigenvalue weighted by atomic mass is 10.3. The fraction of sp³-hybridized carbons (Fsp3) is 0.875. The first kappa shape index (κ1) is 10.4. The molecule has 5 heteroatoms. The van der Waals surface area contributed by atoms with E-state index in [9.17, 15) is 4.79 Å². The van der Waals surface area contributed by atoms with Gasteiger partial charge in [0.25, 0.3) is 0 Å². The van der Waals surface area contributed by atoms with Crippen molar-refractivity contribution in [1.29, 1.82) is 0 Å². The molecule has 1 rings (SSSR count). The van der Waals surface area contributed by atoms with Gasteiger partial charge in [-0.3, -0.25) is 4.79 Å². The summed E-state index contributed by atoms with van der Waals surface area (Å²) in [6, 6.07) is 0. The van der Waals surface area contributed by atoms with Crippen LogP contribution >= 0.6 is 0 Å². The molecule has 0 spiro atoms. The summed E-state index contributed by atoms with van der Waals surface area (Å²) in [5.74, 6) is 0.124. The van der Waals surface area contributed by atoms with Crippen molar-refractivity contribution in [1.82, 2.24) is 10.2 Å². The first-order valence-corrected chi connectivity index (χ1v) is 4.51. The number of aliphatic hydroxyl groups is 1. The fourth-order valence-electron chi connectivity index (χ4n) is 1.22. The quantitative estimate of drug-likeness (QED) is 0.512.